The van der Waals surface area contributed by atoms with E-state index in [4.69, 9.17) is 15.7 Å². The highest BCUT2D eigenvalue weighted by Gasteiger charge is 2.15. The van der Waals surface area contributed by atoms with Gasteiger partial charge in [-0.25, -0.2) is 0 Å². The molecule has 3 aromatic rings. The molecule has 0 unspecified atom stereocenters. The van der Waals surface area contributed by atoms with E-state index in [2.05, 4.69) is 0 Å². The molecule has 0 bridgehead atoms. The van der Waals surface area contributed by atoms with Gasteiger partial charge in [0.1, 0.15) is 23.2 Å². The normalized spacial score (nSPS) is 10.6. The number of hydrogen-bond acceptors (Lipinski definition) is 7. The van der Waals surface area contributed by atoms with Gasteiger partial charge in [-0.2, -0.15) is 5.26 Å². The summed E-state index contributed by atoms with van der Waals surface area (Å²) in [4.78, 5) is 12.9. The van der Waals surface area contributed by atoms with Crippen LogP contribution in [0.15, 0.2) is 47.3 Å². The second-order valence-corrected chi connectivity index (χ2v) is 5.93. The van der Waals surface area contributed by atoms with Gasteiger partial charge in [0.15, 0.2) is 0 Å². The van der Waals surface area contributed by atoms with E-state index in [-0.39, 0.29) is 34.2 Å². The van der Waals surface area contributed by atoms with E-state index in [1.165, 1.54) is 22.8 Å². The number of nitriles is 1. The van der Waals surface area contributed by atoms with Gasteiger partial charge in [0.05, 0.1) is 18.2 Å². The summed E-state index contributed by atoms with van der Waals surface area (Å²) in [6.45, 7) is 0.243. The number of pyridine rings is 1. The van der Waals surface area contributed by atoms with Gasteiger partial charge in [-0.05, 0) is 36.2 Å². The molecule has 0 radical (unpaired) electrons. The third kappa shape index (κ3) is 3.42. The number of methoxy groups -OCH3 is 1. The van der Waals surface area contributed by atoms with Crippen molar-refractivity contribution < 1.29 is 9.94 Å². The molecule has 0 atom stereocenters. The Balaban J connectivity index is 2.08. The van der Waals surface area contributed by atoms with Crippen molar-refractivity contribution in [3.63, 3.8) is 0 Å². The minimum Gasteiger partial charge on any atom is -0.733 e. The smallest absolute Gasteiger partial charge is 0.260 e. The average molecular weight is 365 g/mol. The molecule has 27 heavy (non-hydrogen) atoms. The Morgan fingerprint density at radius 1 is 1.30 bits per heavy atom. The summed E-state index contributed by atoms with van der Waals surface area (Å²) in [5.74, 6) is 0.765. The molecule has 8 heteroatoms. The van der Waals surface area contributed by atoms with Crippen LogP contribution in [0.4, 0.5) is 11.5 Å². The van der Waals surface area contributed by atoms with Gasteiger partial charge < -0.3 is 20.9 Å². The monoisotopic (exact) mass is 365 g/mol. The highest BCUT2D eigenvalue weighted by Crippen LogP contribution is 2.25. The molecule has 0 aliphatic heterocycles. The fraction of sp³-hybridized carbons (Fsp3) is 0.158. The molecule has 0 saturated heterocycles. The minimum atomic E-state index is -0.437. The highest BCUT2D eigenvalue weighted by molar-refractivity contribution is 5.92. The number of nitrogens with zero attached hydrogens (tertiary/aromatic N) is 3. The Labute approximate surface area is 154 Å². The van der Waals surface area contributed by atoms with Gasteiger partial charge in [0.2, 0.25) is 0 Å². The summed E-state index contributed by atoms with van der Waals surface area (Å²) < 4.78 is 6.49. The number of rotatable bonds is 5. The van der Waals surface area contributed by atoms with E-state index in [0.29, 0.717) is 17.6 Å². The molecular formula is C19H17N4O4-. The topological polar surface area (TPSA) is 128 Å². The Hall–Kier alpha value is -3.54. The van der Waals surface area contributed by atoms with Crippen LogP contribution >= 0.6 is 0 Å². The van der Waals surface area contributed by atoms with E-state index < -0.39 is 5.56 Å². The van der Waals surface area contributed by atoms with Gasteiger partial charge in [-0.1, -0.05) is 18.2 Å². The average Bonchev–Trinajstić information content (AvgIpc) is 2.68. The van der Waals surface area contributed by atoms with E-state index in [9.17, 15) is 15.3 Å². The summed E-state index contributed by atoms with van der Waals surface area (Å²) in [7, 11) is 1.57. The fourth-order valence-corrected chi connectivity index (χ4v) is 2.98. The molecule has 0 spiro atoms. The first-order chi connectivity index (χ1) is 13.0. The molecule has 0 saturated carbocycles. The van der Waals surface area contributed by atoms with Crippen molar-refractivity contribution in [2.75, 3.05) is 18.1 Å². The van der Waals surface area contributed by atoms with Gasteiger partial charge in [0, 0.05) is 11.9 Å². The van der Waals surface area contributed by atoms with Crippen LogP contribution in [0.5, 0.6) is 5.75 Å². The molecule has 0 fully saturated rings. The van der Waals surface area contributed by atoms with Crippen LogP contribution in [0.2, 0.25) is 0 Å². The number of nitrogens with two attached hydrogens (primary N) is 1. The quantitative estimate of drug-likeness (QED) is 0.664. The first-order valence-electron chi connectivity index (χ1n) is 8.11. The van der Waals surface area contributed by atoms with Crippen molar-refractivity contribution in [1.82, 2.24) is 4.57 Å². The molecule has 138 valence electrons. The first-order valence-corrected chi connectivity index (χ1v) is 8.11. The lowest BCUT2D eigenvalue weighted by Gasteiger charge is -2.22. The maximum atomic E-state index is 12.9. The zero-order valence-corrected chi connectivity index (χ0v) is 14.5. The van der Waals surface area contributed by atoms with Gasteiger partial charge >= 0.3 is 0 Å². The van der Waals surface area contributed by atoms with Crippen molar-refractivity contribution in [2.45, 2.75) is 13.0 Å². The van der Waals surface area contributed by atoms with Crippen LogP contribution in [-0.2, 0) is 13.0 Å². The van der Waals surface area contributed by atoms with Crippen LogP contribution in [0.25, 0.3) is 10.8 Å². The first kappa shape index (κ1) is 18.3. The lowest BCUT2D eigenvalue weighted by molar-refractivity contribution is 0.296. The zero-order valence-electron chi connectivity index (χ0n) is 14.5. The number of anilines is 2. The molecule has 1 heterocycles. The molecular weight excluding hydrogens is 348 g/mol. The predicted octanol–water partition coefficient (Wildman–Crippen LogP) is 2.40. The van der Waals surface area contributed by atoms with E-state index >= 15 is 0 Å². The third-order valence-electron chi connectivity index (χ3n) is 4.39. The number of fused-ring (bicyclic) bond motifs is 1. The number of hydrogen-bond donors (Lipinski definition) is 2. The molecule has 2 aromatic carbocycles. The second kappa shape index (κ2) is 7.37. The lowest BCUT2D eigenvalue weighted by atomic mass is 10.1. The van der Waals surface area contributed by atoms with Crippen molar-refractivity contribution in [3.8, 4) is 11.8 Å². The summed E-state index contributed by atoms with van der Waals surface area (Å²) >= 11 is 0. The van der Waals surface area contributed by atoms with Crippen LogP contribution in [0.3, 0.4) is 0 Å². The maximum Gasteiger partial charge on any atom is 0.260 e. The number of nitrogen functional groups attached to an aromatic ring is 1. The molecule has 3 rings (SSSR count). The number of aryl methyl sites for hydroxylation is 1. The standard InChI is InChI=1S/C19H17N4O4/c1-27-14-4-2-3-12(9-14)7-8-22-18(21)17(11-20)15-6-5-13(23(25)26)10-16(15)19(22)24/h2-6,9-10,25H,7-8,21H2,1H3/q-1. The number of ether oxygens (including phenoxy) is 1. The van der Waals surface area contributed by atoms with Gasteiger partial charge in [0.25, 0.3) is 5.56 Å². The largest absolute Gasteiger partial charge is 0.733 e. The molecule has 8 nitrogen and oxygen atoms in total. The molecule has 3 N–H and O–H groups in total. The summed E-state index contributed by atoms with van der Waals surface area (Å²) in [5, 5.41) is 29.9. The van der Waals surface area contributed by atoms with Crippen LogP contribution in [-0.4, -0.2) is 16.9 Å². The summed E-state index contributed by atoms with van der Waals surface area (Å²) in [6, 6.07) is 13.4. The van der Waals surface area contributed by atoms with Crippen LogP contribution in [0.1, 0.15) is 11.1 Å². The van der Waals surface area contributed by atoms with Crippen molar-refractivity contribution in [3.05, 3.63) is 69.2 Å². The Morgan fingerprint density at radius 3 is 2.74 bits per heavy atom. The zero-order chi connectivity index (χ0) is 19.6. The Kier molecular flexibility index (Phi) is 4.98. The Morgan fingerprint density at radius 2 is 2.07 bits per heavy atom. The maximum absolute atomic E-state index is 12.9. The Bertz CT molecular complexity index is 1100. The van der Waals surface area contributed by atoms with Crippen LogP contribution in [0, 0.1) is 16.5 Å². The van der Waals surface area contributed by atoms with Crippen molar-refractivity contribution in [1.29, 1.82) is 5.26 Å². The molecule has 1 aromatic heterocycles. The molecule has 0 aliphatic rings. The fourth-order valence-electron chi connectivity index (χ4n) is 2.98. The second-order valence-electron chi connectivity index (χ2n) is 5.93. The lowest BCUT2D eigenvalue weighted by Crippen LogP contribution is -2.25. The minimum absolute atomic E-state index is 0.0635. The van der Waals surface area contributed by atoms with Crippen LogP contribution < -0.4 is 21.3 Å². The highest BCUT2D eigenvalue weighted by atomic mass is 16.8. The third-order valence-corrected chi connectivity index (χ3v) is 4.39. The molecule has 0 amide bonds. The van der Waals surface area contributed by atoms with E-state index in [1.54, 1.807) is 7.11 Å². The van der Waals surface area contributed by atoms with Gasteiger partial charge in [-0.15, -0.1) is 0 Å². The summed E-state index contributed by atoms with van der Waals surface area (Å²) in [5.41, 5.74) is 6.62. The number of aromatic nitrogens is 1. The van der Waals surface area contributed by atoms with E-state index in [0.717, 1.165) is 5.56 Å². The van der Waals surface area contributed by atoms with Crippen molar-refractivity contribution in [2.24, 2.45) is 0 Å². The van der Waals surface area contributed by atoms with Crippen molar-refractivity contribution >= 4 is 22.3 Å². The SMILES string of the molecule is COc1cccc(CCn2c(N)c(C#N)c3ccc(N([O-])O)cc3c2=O)c1. The summed E-state index contributed by atoms with van der Waals surface area (Å²) in [6.07, 6.45) is 0.491. The van der Waals surface area contributed by atoms with Gasteiger partial charge in [-0.3, -0.25) is 14.6 Å². The number of benzene rings is 2. The molecule has 0 aliphatic carbocycles. The predicted molar refractivity (Wildman–Crippen MR) is 102 cm³/mol. The van der Waals surface area contributed by atoms with E-state index in [1.807, 2.05) is 30.3 Å².